The quantitative estimate of drug-likeness (QED) is 0.149. The number of benzene rings is 7. The molecule has 0 atom stereocenters. The van der Waals surface area contributed by atoms with Crippen LogP contribution in [0.4, 0.5) is 22.7 Å². The first kappa shape index (κ1) is 42.4. The number of aromatic nitrogens is 2. The third-order valence-electron chi connectivity index (χ3n) is 11.9. The first-order valence-electron chi connectivity index (χ1n) is 21.3. The number of hydrogen-bond donors (Lipinski definition) is 0. The van der Waals surface area contributed by atoms with Crippen molar-refractivity contribution in [1.82, 2.24) is 9.55 Å². The number of nitriles is 1. The molecule has 0 unspecified atom stereocenters. The summed E-state index contributed by atoms with van der Waals surface area (Å²) in [5, 5.41) is 11.7. The monoisotopic (exact) mass is 1010 g/mol. The van der Waals surface area contributed by atoms with Crippen molar-refractivity contribution in [3.05, 3.63) is 199 Å². The van der Waals surface area contributed by atoms with Crippen LogP contribution in [-0.2, 0) is 31.9 Å². The van der Waals surface area contributed by atoms with Gasteiger partial charge in [0.05, 0.1) is 11.6 Å². The van der Waals surface area contributed by atoms with E-state index in [0.29, 0.717) is 17.1 Å². The van der Waals surface area contributed by atoms with Crippen molar-refractivity contribution in [1.29, 1.82) is 5.26 Å². The Morgan fingerprint density at radius 1 is 0.609 bits per heavy atom. The van der Waals surface area contributed by atoms with Gasteiger partial charge in [0.2, 0.25) is 0 Å². The second-order valence-electron chi connectivity index (χ2n) is 18.2. The third-order valence-corrected chi connectivity index (χ3v) is 11.9. The molecule has 7 aromatic carbocycles. The maximum Gasteiger partial charge on any atom is 0.135 e. The van der Waals surface area contributed by atoms with Crippen molar-refractivity contribution >= 4 is 44.6 Å². The summed E-state index contributed by atoms with van der Waals surface area (Å²) in [6.07, 6.45) is 1.86. The number of para-hydroxylation sites is 1. The summed E-state index contributed by atoms with van der Waals surface area (Å²) in [6.45, 7) is 15.5. The molecule has 0 saturated heterocycles. The molecule has 0 N–H and O–H groups in total. The second kappa shape index (κ2) is 16.6. The summed E-state index contributed by atoms with van der Waals surface area (Å²) in [5.41, 5.74) is 13.3. The number of anilines is 4. The van der Waals surface area contributed by atoms with Gasteiger partial charge in [-0.1, -0.05) is 120 Å². The van der Waals surface area contributed by atoms with Crippen LogP contribution in [0, 0.1) is 30.1 Å². The number of fused-ring (bicyclic) bond motifs is 4. The van der Waals surface area contributed by atoms with Crippen LogP contribution < -0.4 is 14.5 Å². The van der Waals surface area contributed by atoms with Gasteiger partial charge in [-0.3, -0.25) is 0 Å². The molecule has 0 radical (unpaired) electrons. The number of nitrogens with zero attached hydrogens (tertiary/aromatic N) is 5. The van der Waals surface area contributed by atoms with Gasteiger partial charge in [0, 0.05) is 66.9 Å². The SMILES string of the molecule is CC(C)(C)c1cccc(N2[CH-]N(c3[c-]c(Oc4[c-]c5c(cc4)c4cc(C#N)ccc4n5-c4cc(C(C)(C)C)ccn4)ccc3)c3cccc(-c4cccc(-c5ccccc5)c4)c32)c1.[Pt]. The minimum atomic E-state index is -0.0704. The van der Waals surface area contributed by atoms with E-state index >= 15 is 0 Å². The fourth-order valence-electron chi connectivity index (χ4n) is 8.51. The van der Waals surface area contributed by atoms with E-state index in [4.69, 9.17) is 9.72 Å². The molecule has 1 aliphatic heterocycles. The summed E-state index contributed by atoms with van der Waals surface area (Å²) >= 11 is 0. The Morgan fingerprint density at radius 3 is 2.12 bits per heavy atom. The predicted molar refractivity (Wildman–Crippen MR) is 257 cm³/mol. The van der Waals surface area contributed by atoms with E-state index < -0.39 is 0 Å². The molecular formula is C57H46N5OPt-3. The fourth-order valence-corrected chi connectivity index (χ4v) is 8.51. The van der Waals surface area contributed by atoms with Crippen molar-refractivity contribution in [2.45, 2.75) is 52.4 Å². The van der Waals surface area contributed by atoms with Crippen LogP contribution >= 0.6 is 0 Å². The van der Waals surface area contributed by atoms with Crippen molar-refractivity contribution in [2.24, 2.45) is 0 Å². The van der Waals surface area contributed by atoms with E-state index in [9.17, 15) is 5.26 Å². The van der Waals surface area contributed by atoms with Crippen molar-refractivity contribution in [2.75, 3.05) is 9.80 Å². The van der Waals surface area contributed by atoms with Crippen LogP contribution in [-0.4, -0.2) is 9.55 Å². The number of rotatable bonds is 7. The van der Waals surface area contributed by atoms with E-state index in [-0.39, 0.29) is 31.9 Å². The largest absolute Gasteiger partial charge is 0.509 e. The Bertz CT molecular complexity index is 3240. The molecule has 0 aliphatic carbocycles. The summed E-state index contributed by atoms with van der Waals surface area (Å²) in [7, 11) is 0. The molecule has 0 bridgehead atoms. The maximum atomic E-state index is 9.80. The summed E-state index contributed by atoms with van der Waals surface area (Å²) in [5.74, 6) is 1.88. The molecule has 7 heteroatoms. The van der Waals surface area contributed by atoms with Crippen molar-refractivity contribution in [3.8, 4) is 45.6 Å². The van der Waals surface area contributed by atoms with E-state index in [1.54, 1.807) is 0 Å². The Morgan fingerprint density at radius 2 is 1.33 bits per heavy atom. The van der Waals surface area contributed by atoms with E-state index in [1.807, 2.05) is 48.7 Å². The van der Waals surface area contributed by atoms with Gasteiger partial charge in [0.1, 0.15) is 5.82 Å². The van der Waals surface area contributed by atoms with Gasteiger partial charge >= 0.3 is 0 Å². The average molecular weight is 1010 g/mol. The third kappa shape index (κ3) is 7.87. The van der Waals surface area contributed by atoms with E-state index in [0.717, 1.165) is 61.5 Å². The van der Waals surface area contributed by atoms with Gasteiger partial charge in [-0.25, -0.2) is 4.98 Å². The van der Waals surface area contributed by atoms with Crippen LogP contribution in [0.25, 0.3) is 49.9 Å². The van der Waals surface area contributed by atoms with Gasteiger partial charge in [0.15, 0.2) is 0 Å². The minimum Gasteiger partial charge on any atom is -0.509 e. The standard InChI is InChI=1S/C57H46N5O.Pt/c1-56(2,3)42-18-11-19-44(32-42)61-37-60(52-23-13-22-48(55(52)61)41-17-10-16-40(31-41)39-14-8-7-9-15-39)45-20-12-21-46(34-45)63-47-25-26-49-50-30-38(36-58)24-27-51(50)62(53(49)35-47)54-33-43(28-29-59-54)57(4,5)6;/h7-33,37H,1-6H3;/q-3;. The molecule has 3 heterocycles. The zero-order valence-corrected chi connectivity index (χ0v) is 38.9. The molecule has 0 amide bonds. The Balaban J connectivity index is 0.00000518. The first-order chi connectivity index (χ1) is 30.4. The number of ether oxygens (including phenoxy) is 1. The Hall–Kier alpha value is -6.93. The zero-order chi connectivity index (χ0) is 43.5. The van der Waals surface area contributed by atoms with Gasteiger partial charge in [-0.2, -0.15) is 17.4 Å². The smallest absolute Gasteiger partial charge is 0.135 e. The zero-order valence-electron chi connectivity index (χ0n) is 36.6. The molecule has 318 valence electrons. The van der Waals surface area contributed by atoms with Crippen LogP contribution in [0.15, 0.2) is 164 Å². The van der Waals surface area contributed by atoms with Crippen LogP contribution in [0.2, 0.25) is 0 Å². The molecule has 10 rings (SSSR count). The summed E-state index contributed by atoms with van der Waals surface area (Å²) in [4.78, 5) is 9.33. The normalized spacial score (nSPS) is 12.6. The fraction of sp³-hybridized carbons (Fsp3) is 0.140. The van der Waals surface area contributed by atoms with Gasteiger partial charge in [0.25, 0.3) is 0 Å². The molecule has 9 aromatic rings. The topological polar surface area (TPSA) is 57.3 Å². The number of pyridine rings is 1. The van der Waals surface area contributed by atoms with E-state index in [1.165, 1.54) is 22.3 Å². The van der Waals surface area contributed by atoms with Crippen molar-refractivity contribution < 1.29 is 25.8 Å². The maximum absolute atomic E-state index is 9.80. The Kier molecular flexibility index (Phi) is 11.0. The van der Waals surface area contributed by atoms with Crippen molar-refractivity contribution in [3.63, 3.8) is 0 Å². The van der Waals surface area contributed by atoms with Gasteiger partial charge in [-0.05, 0) is 98.6 Å². The molecular weight excluding hydrogens is 966 g/mol. The molecule has 6 nitrogen and oxygen atoms in total. The molecule has 2 aromatic heterocycles. The predicted octanol–water partition coefficient (Wildman–Crippen LogP) is 14.8. The van der Waals surface area contributed by atoms with Crippen LogP contribution in [0.5, 0.6) is 11.5 Å². The Labute approximate surface area is 390 Å². The first-order valence-corrected chi connectivity index (χ1v) is 21.3. The molecule has 64 heavy (non-hydrogen) atoms. The average Bonchev–Trinajstić information content (AvgIpc) is 3.85. The van der Waals surface area contributed by atoms with Gasteiger partial charge in [-0.15, -0.1) is 48.1 Å². The van der Waals surface area contributed by atoms with E-state index in [2.05, 4.69) is 196 Å². The van der Waals surface area contributed by atoms with Gasteiger partial charge < -0.3 is 19.1 Å². The molecule has 0 fully saturated rings. The van der Waals surface area contributed by atoms with Crippen LogP contribution in [0.3, 0.4) is 0 Å². The number of hydrogen-bond acceptors (Lipinski definition) is 5. The summed E-state index contributed by atoms with van der Waals surface area (Å²) < 4.78 is 8.76. The molecule has 0 spiro atoms. The molecule has 0 saturated carbocycles. The minimum absolute atomic E-state index is 0. The second-order valence-corrected chi connectivity index (χ2v) is 18.2. The molecule has 1 aliphatic rings. The van der Waals surface area contributed by atoms with Crippen LogP contribution in [0.1, 0.15) is 58.2 Å². The summed E-state index contributed by atoms with van der Waals surface area (Å²) in [6, 6.07) is 64.1.